The van der Waals surface area contributed by atoms with E-state index in [0.29, 0.717) is 18.1 Å². The van der Waals surface area contributed by atoms with Crippen molar-refractivity contribution in [3.05, 3.63) is 29.1 Å². The number of nitrogens with two attached hydrogens (primary N) is 1. The van der Waals surface area contributed by atoms with Crippen molar-refractivity contribution in [2.24, 2.45) is 5.73 Å². The molecule has 5 nitrogen and oxygen atoms in total. The Morgan fingerprint density at radius 2 is 2.05 bits per heavy atom. The van der Waals surface area contributed by atoms with Crippen LogP contribution >= 0.6 is 23.7 Å². The SMILES string of the molecule is COc1ccc(-c2nc(NC(=O)CCN)sc2C)cc1.Cl. The fourth-order valence-corrected chi connectivity index (χ4v) is 2.63. The predicted molar refractivity (Wildman–Crippen MR) is 88.4 cm³/mol. The summed E-state index contributed by atoms with van der Waals surface area (Å²) < 4.78 is 5.13. The van der Waals surface area contributed by atoms with Crippen molar-refractivity contribution in [3.8, 4) is 17.0 Å². The molecule has 7 heteroatoms. The molecule has 1 amide bonds. The van der Waals surface area contributed by atoms with Gasteiger partial charge >= 0.3 is 0 Å². The third-order valence-electron chi connectivity index (χ3n) is 2.78. The van der Waals surface area contributed by atoms with Crippen molar-refractivity contribution in [2.45, 2.75) is 13.3 Å². The number of hydrogen-bond donors (Lipinski definition) is 2. The lowest BCUT2D eigenvalue weighted by atomic mass is 10.1. The lowest BCUT2D eigenvalue weighted by molar-refractivity contribution is -0.116. The van der Waals surface area contributed by atoms with Crippen molar-refractivity contribution in [2.75, 3.05) is 19.0 Å². The molecule has 0 bridgehead atoms. The van der Waals surface area contributed by atoms with Crippen LogP contribution < -0.4 is 15.8 Å². The van der Waals surface area contributed by atoms with E-state index >= 15 is 0 Å². The van der Waals surface area contributed by atoms with Crippen LogP contribution in [-0.4, -0.2) is 24.5 Å². The molecule has 21 heavy (non-hydrogen) atoms. The minimum atomic E-state index is -0.109. The Kier molecular flexibility index (Phi) is 6.61. The zero-order valence-corrected chi connectivity index (χ0v) is 13.5. The van der Waals surface area contributed by atoms with Gasteiger partial charge in [-0.2, -0.15) is 0 Å². The van der Waals surface area contributed by atoms with Crippen LogP contribution in [-0.2, 0) is 4.79 Å². The molecule has 2 rings (SSSR count). The molecule has 0 unspecified atom stereocenters. The summed E-state index contributed by atoms with van der Waals surface area (Å²) in [6, 6.07) is 7.68. The average molecular weight is 328 g/mol. The second-order valence-electron chi connectivity index (χ2n) is 4.24. The summed E-state index contributed by atoms with van der Waals surface area (Å²) in [5, 5.41) is 3.36. The Bertz CT molecular complexity index is 599. The van der Waals surface area contributed by atoms with Gasteiger partial charge in [0.1, 0.15) is 5.75 Å². The number of ether oxygens (including phenoxy) is 1. The molecule has 1 aromatic carbocycles. The van der Waals surface area contributed by atoms with Crippen molar-refractivity contribution >= 4 is 34.8 Å². The minimum Gasteiger partial charge on any atom is -0.497 e. The summed E-state index contributed by atoms with van der Waals surface area (Å²) in [5.74, 6) is 0.695. The number of amides is 1. The highest BCUT2D eigenvalue weighted by molar-refractivity contribution is 7.16. The van der Waals surface area contributed by atoms with Gasteiger partial charge < -0.3 is 15.8 Å². The van der Waals surface area contributed by atoms with Gasteiger partial charge in [-0.3, -0.25) is 4.79 Å². The number of aromatic nitrogens is 1. The standard InChI is InChI=1S/C14H17N3O2S.ClH/c1-9-13(10-3-5-11(19-2)6-4-10)17-14(20-9)16-12(18)7-8-15;/h3-6H,7-8,15H2,1-2H3,(H,16,17,18);1H. The van der Waals surface area contributed by atoms with Crippen molar-refractivity contribution in [1.82, 2.24) is 4.98 Å². The number of thiazole rings is 1. The third-order valence-corrected chi connectivity index (χ3v) is 3.66. The number of carbonyl (C=O) groups is 1. The van der Waals surface area contributed by atoms with Crippen LogP contribution in [0.15, 0.2) is 24.3 Å². The molecule has 1 heterocycles. The summed E-state index contributed by atoms with van der Waals surface area (Å²) in [5.41, 5.74) is 7.22. The number of benzene rings is 1. The van der Waals surface area contributed by atoms with E-state index < -0.39 is 0 Å². The first-order valence-corrected chi connectivity index (χ1v) is 7.07. The quantitative estimate of drug-likeness (QED) is 0.885. The lowest BCUT2D eigenvalue weighted by Crippen LogP contribution is -2.15. The van der Waals surface area contributed by atoms with Crippen LogP contribution in [0.2, 0.25) is 0 Å². The van der Waals surface area contributed by atoms with E-state index in [9.17, 15) is 4.79 Å². The molecule has 114 valence electrons. The molecule has 0 aliphatic heterocycles. The van der Waals surface area contributed by atoms with Crippen LogP contribution in [0, 0.1) is 6.92 Å². The third kappa shape index (κ3) is 4.42. The highest BCUT2D eigenvalue weighted by atomic mass is 35.5. The molecule has 0 spiro atoms. The van der Waals surface area contributed by atoms with E-state index in [1.807, 2.05) is 31.2 Å². The zero-order chi connectivity index (χ0) is 14.5. The number of anilines is 1. The van der Waals surface area contributed by atoms with Crippen molar-refractivity contribution in [3.63, 3.8) is 0 Å². The van der Waals surface area contributed by atoms with E-state index in [1.165, 1.54) is 11.3 Å². The average Bonchev–Trinajstić information content (AvgIpc) is 2.80. The number of nitrogens with zero attached hydrogens (tertiary/aromatic N) is 1. The largest absolute Gasteiger partial charge is 0.497 e. The highest BCUT2D eigenvalue weighted by Gasteiger charge is 2.11. The summed E-state index contributed by atoms with van der Waals surface area (Å²) in [6.45, 7) is 2.32. The normalized spacial score (nSPS) is 9.86. The Balaban J connectivity index is 0.00000220. The number of halogens is 1. The number of aryl methyl sites for hydroxylation is 1. The van der Waals surface area contributed by atoms with Crippen molar-refractivity contribution < 1.29 is 9.53 Å². The maximum atomic E-state index is 11.5. The number of hydrogen-bond acceptors (Lipinski definition) is 5. The van der Waals surface area contributed by atoms with Gasteiger partial charge in [0.15, 0.2) is 5.13 Å². The molecule has 0 atom stereocenters. The number of rotatable bonds is 5. The van der Waals surface area contributed by atoms with Crippen LogP contribution in [0.1, 0.15) is 11.3 Å². The molecule has 2 aromatic rings. The topological polar surface area (TPSA) is 77.2 Å². The molecular weight excluding hydrogens is 310 g/mol. The molecule has 0 aliphatic rings. The van der Waals surface area contributed by atoms with Gasteiger partial charge in [-0.05, 0) is 31.2 Å². The Morgan fingerprint density at radius 3 is 2.62 bits per heavy atom. The number of methoxy groups -OCH3 is 1. The van der Waals surface area contributed by atoms with Gasteiger partial charge in [0, 0.05) is 23.4 Å². The van der Waals surface area contributed by atoms with Gasteiger partial charge in [0.25, 0.3) is 0 Å². The number of carbonyl (C=O) groups excluding carboxylic acids is 1. The van der Waals surface area contributed by atoms with E-state index in [4.69, 9.17) is 10.5 Å². The van der Waals surface area contributed by atoms with Gasteiger partial charge in [0.05, 0.1) is 12.8 Å². The Labute approximate surface area is 133 Å². The second-order valence-corrected chi connectivity index (χ2v) is 5.44. The van der Waals surface area contributed by atoms with Crippen LogP contribution in [0.3, 0.4) is 0 Å². The zero-order valence-electron chi connectivity index (χ0n) is 11.9. The van der Waals surface area contributed by atoms with Crippen LogP contribution in [0.25, 0.3) is 11.3 Å². The first-order valence-electron chi connectivity index (χ1n) is 6.26. The summed E-state index contributed by atoms with van der Waals surface area (Å²) in [4.78, 5) is 17.0. The highest BCUT2D eigenvalue weighted by Crippen LogP contribution is 2.31. The first kappa shape index (κ1) is 17.4. The Morgan fingerprint density at radius 1 is 1.38 bits per heavy atom. The smallest absolute Gasteiger partial charge is 0.227 e. The molecule has 0 radical (unpaired) electrons. The second kappa shape index (κ2) is 7.97. The first-order chi connectivity index (χ1) is 9.63. The fourth-order valence-electron chi connectivity index (χ4n) is 1.78. The predicted octanol–water partition coefficient (Wildman–Crippen LogP) is 2.84. The molecule has 0 saturated carbocycles. The number of nitrogens with one attached hydrogen (secondary N) is 1. The molecule has 1 aromatic heterocycles. The van der Waals surface area contributed by atoms with E-state index in [2.05, 4.69) is 10.3 Å². The van der Waals surface area contributed by atoms with Gasteiger partial charge in [-0.25, -0.2) is 4.98 Å². The van der Waals surface area contributed by atoms with E-state index in [-0.39, 0.29) is 18.3 Å². The maximum absolute atomic E-state index is 11.5. The lowest BCUT2D eigenvalue weighted by Gasteiger charge is -2.02. The monoisotopic (exact) mass is 327 g/mol. The van der Waals surface area contributed by atoms with Gasteiger partial charge in [0.2, 0.25) is 5.91 Å². The fraction of sp³-hybridized carbons (Fsp3) is 0.286. The van der Waals surface area contributed by atoms with E-state index in [0.717, 1.165) is 21.9 Å². The Hall–Kier alpha value is -1.63. The van der Waals surface area contributed by atoms with Gasteiger partial charge in [-0.1, -0.05) is 0 Å². The van der Waals surface area contributed by atoms with Gasteiger partial charge in [-0.15, -0.1) is 23.7 Å². The summed E-state index contributed by atoms with van der Waals surface area (Å²) >= 11 is 1.46. The molecule has 0 fully saturated rings. The maximum Gasteiger partial charge on any atom is 0.227 e. The molecule has 3 N–H and O–H groups in total. The molecule has 0 aliphatic carbocycles. The van der Waals surface area contributed by atoms with Crippen LogP contribution in [0.4, 0.5) is 5.13 Å². The molecule has 0 saturated heterocycles. The molecular formula is C14H18ClN3O2S. The minimum absolute atomic E-state index is 0. The van der Waals surface area contributed by atoms with E-state index in [1.54, 1.807) is 7.11 Å². The summed E-state index contributed by atoms with van der Waals surface area (Å²) in [7, 11) is 1.63. The van der Waals surface area contributed by atoms with Crippen LogP contribution in [0.5, 0.6) is 5.75 Å². The van der Waals surface area contributed by atoms with Crippen molar-refractivity contribution in [1.29, 1.82) is 0 Å². The summed E-state index contributed by atoms with van der Waals surface area (Å²) in [6.07, 6.45) is 0.302.